The first-order valence-corrected chi connectivity index (χ1v) is 5.15. The van der Waals surface area contributed by atoms with Gasteiger partial charge in [-0.15, -0.1) is 0 Å². The van der Waals surface area contributed by atoms with Gasteiger partial charge in [0.25, 0.3) is 0 Å². The summed E-state index contributed by atoms with van der Waals surface area (Å²) >= 11 is 0. The van der Waals surface area contributed by atoms with Crippen LogP contribution in [-0.4, -0.2) is 15.0 Å². The number of nitriles is 1. The molecule has 0 atom stereocenters. The number of nitrogens with zero attached hydrogens (tertiary/aromatic N) is 4. The SMILES string of the molecule is Cc1cnc(CNc2ccc(C#N)nc2)cn1. The molecule has 0 fully saturated rings. The lowest BCUT2D eigenvalue weighted by Crippen LogP contribution is -2.03. The van der Waals surface area contributed by atoms with Crippen LogP contribution in [0.25, 0.3) is 0 Å². The molecule has 1 N–H and O–H groups in total. The number of anilines is 1. The van der Waals surface area contributed by atoms with Gasteiger partial charge in [0.15, 0.2) is 0 Å². The van der Waals surface area contributed by atoms with Gasteiger partial charge >= 0.3 is 0 Å². The minimum Gasteiger partial charge on any atom is -0.378 e. The molecule has 84 valence electrons. The summed E-state index contributed by atoms with van der Waals surface area (Å²) in [6.45, 7) is 2.48. The quantitative estimate of drug-likeness (QED) is 0.859. The summed E-state index contributed by atoms with van der Waals surface area (Å²) in [5, 5.41) is 11.8. The summed E-state index contributed by atoms with van der Waals surface area (Å²) in [4.78, 5) is 12.4. The Hall–Kier alpha value is -2.48. The smallest absolute Gasteiger partial charge is 0.140 e. The van der Waals surface area contributed by atoms with Crippen LogP contribution in [0.15, 0.2) is 30.7 Å². The second kappa shape index (κ2) is 5.03. The van der Waals surface area contributed by atoms with E-state index in [4.69, 9.17) is 5.26 Å². The Kier molecular flexibility index (Phi) is 3.26. The number of aromatic nitrogens is 3. The Labute approximate surface area is 99.2 Å². The number of aryl methyl sites for hydroxylation is 1. The summed E-state index contributed by atoms with van der Waals surface area (Å²) in [7, 11) is 0. The van der Waals surface area contributed by atoms with Crippen molar-refractivity contribution >= 4 is 5.69 Å². The molecule has 5 heteroatoms. The van der Waals surface area contributed by atoms with Crippen molar-refractivity contribution in [1.82, 2.24) is 15.0 Å². The molecule has 0 unspecified atom stereocenters. The average Bonchev–Trinajstić information content (AvgIpc) is 2.39. The summed E-state index contributed by atoms with van der Waals surface area (Å²) < 4.78 is 0. The summed E-state index contributed by atoms with van der Waals surface area (Å²) in [5.41, 5.74) is 3.02. The third kappa shape index (κ3) is 2.98. The van der Waals surface area contributed by atoms with E-state index < -0.39 is 0 Å². The Morgan fingerprint density at radius 1 is 1.18 bits per heavy atom. The molecule has 0 aromatic carbocycles. The highest BCUT2D eigenvalue weighted by atomic mass is 14.9. The minimum absolute atomic E-state index is 0.408. The van der Waals surface area contributed by atoms with Gasteiger partial charge in [-0.05, 0) is 19.1 Å². The molecule has 0 aliphatic heterocycles. The Morgan fingerprint density at radius 2 is 2.06 bits per heavy atom. The number of hydrogen-bond acceptors (Lipinski definition) is 5. The second-order valence-electron chi connectivity index (χ2n) is 3.55. The van der Waals surface area contributed by atoms with Crippen molar-refractivity contribution in [3.8, 4) is 6.07 Å². The van der Waals surface area contributed by atoms with Gasteiger partial charge in [-0.1, -0.05) is 0 Å². The fourth-order valence-corrected chi connectivity index (χ4v) is 1.27. The molecule has 0 aliphatic carbocycles. The van der Waals surface area contributed by atoms with E-state index in [9.17, 15) is 0 Å². The normalized spacial score (nSPS) is 9.65. The Balaban J connectivity index is 1.98. The highest BCUT2D eigenvalue weighted by Crippen LogP contribution is 2.07. The van der Waals surface area contributed by atoms with Gasteiger partial charge in [-0.3, -0.25) is 9.97 Å². The maximum absolute atomic E-state index is 8.61. The van der Waals surface area contributed by atoms with Crippen LogP contribution in [0.2, 0.25) is 0 Å². The van der Waals surface area contributed by atoms with Crippen LogP contribution in [0.1, 0.15) is 17.1 Å². The average molecular weight is 225 g/mol. The van der Waals surface area contributed by atoms with Gasteiger partial charge < -0.3 is 5.32 Å². The largest absolute Gasteiger partial charge is 0.378 e. The van der Waals surface area contributed by atoms with E-state index in [2.05, 4.69) is 20.3 Å². The first kappa shape index (κ1) is 11.0. The molecule has 0 spiro atoms. The van der Waals surface area contributed by atoms with Gasteiger partial charge in [0, 0.05) is 6.20 Å². The van der Waals surface area contributed by atoms with E-state index in [-0.39, 0.29) is 0 Å². The molecule has 5 nitrogen and oxygen atoms in total. The lowest BCUT2D eigenvalue weighted by atomic mass is 10.3. The number of nitrogens with one attached hydrogen (secondary N) is 1. The van der Waals surface area contributed by atoms with Crippen LogP contribution in [0.5, 0.6) is 0 Å². The maximum Gasteiger partial charge on any atom is 0.140 e. The van der Waals surface area contributed by atoms with Crippen molar-refractivity contribution in [2.75, 3.05) is 5.32 Å². The fraction of sp³-hybridized carbons (Fsp3) is 0.167. The summed E-state index contributed by atoms with van der Waals surface area (Å²) in [5.74, 6) is 0. The fourth-order valence-electron chi connectivity index (χ4n) is 1.27. The standard InChI is InChI=1S/C12H11N5/c1-9-5-15-12(7-14-9)8-17-11-3-2-10(4-13)16-6-11/h2-3,5-7,17H,8H2,1H3. The highest BCUT2D eigenvalue weighted by Gasteiger charge is 1.97. The van der Waals surface area contributed by atoms with Gasteiger partial charge in [0.05, 0.1) is 36.0 Å². The van der Waals surface area contributed by atoms with E-state index in [1.165, 1.54) is 0 Å². The number of pyridine rings is 1. The van der Waals surface area contributed by atoms with Crippen LogP contribution in [0, 0.1) is 18.3 Å². The maximum atomic E-state index is 8.61. The van der Waals surface area contributed by atoms with Gasteiger partial charge in [0.1, 0.15) is 11.8 Å². The lowest BCUT2D eigenvalue weighted by Gasteiger charge is -2.05. The van der Waals surface area contributed by atoms with Crippen LogP contribution < -0.4 is 5.32 Å². The third-order valence-corrected chi connectivity index (χ3v) is 2.19. The molecule has 0 radical (unpaired) electrons. The molecule has 0 saturated carbocycles. The number of rotatable bonds is 3. The van der Waals surface area contributed by atoms with Crippen molar-refractivity contribution in [3.63, 3.8) is 0 Å². The van der Waals surface area contributed by atoms with Crippen LogP contribution in [0.4, 0.5) is 5.69 Å². The molecule has 2 aromatic heterocycles. The Morgan fingerprint density at radius 3 is 2.65 bits per heavy atom. The lowest BCUT2D eigenvalue weighted by molar-refractivity contribution is 0.982. The molecular formula is C12H11N5. The number of hydrogen-bond donors (Lipinski definition) is 1. The van der Waals surface area contributed by atoms with E-state index >= 15 is 0 Å². The van der Waals surface area contributed by atoms with Crippen molar-refractivity contribution in [1.29, 1.82) is 5.26 Å². The molecule has 0 saturated heterocycles. The van der Waals surface area contributed by atoms with E-state index in [0.717, 1.165) is 17.1 Å². The molecule has 0 bridgehead atoms. The zero-order valence-corrected chi connectivity index (χ0v) is 9.38. The predicted octanol–water partition coefficient (Wildman–Crippen LogP) is 1.66. The predicted molar refractivity (Wildman–Crippen MR) is 63.0 cm³/mol. The summed E-state index contributed by atoms with van der Waals surface area (Å²) in [6, 6.07) is 5.46. The van der Waals surface area contributed by atoms with Crippen molar-refractivity contribution < 1.29 is 0 Å². The molecular weight excluding hydrogens is 214 g/mol. The molecule has 0 aliphatic rings. The topological polar surface area (TPSA) is 74.5 Å². The molecule has 2 rings (SSSR count). The molecule has 0 amide bonds. The highest BCUT2D eigenvalue weighted by molar-refractivity contribution is 5.42. The van der Waals surface area contributed by atoms with E-state index in [0.29, 0.717) is 12.2 Å². The van der Waals surface area contributed by atoms with E-state index in [1.807, 2.05) is 19.1 Å². The minimum atomic E-state index is 0.408. The summed E-state index contributed by atoms with van der Waals surface area (Å²) in [6.07, 6.45) is 5.09. The first-order valence-electron chi connectivity index (χ1n) is 5.15. The zero-order chi connectivity index (χ0) is 12.1. The zero-order valence-electron chi connectivity index (χ0n) is 9.38. The van der Waals surface area contributed by atoms with Crippen LogP contribution >= 0.6 is 0 Å². The third-order valence-electron chi connectivity index (χ3n) is 2.19. The van der Waals surface area contributed by atoms with Crippen molar-refractivity contribution in [2.45, 2.75) is 13.5 Å². The van der Waals surface area contributed by atoms with Gasteiger partial charge in [-0.2, -0.15) is 5.26 Å². The van der Waals surface area contributed by atoms with E-state index in [1.54, 1.807) is 24.7 Å². The van der Waals surface area contributed by atoms with Gasteiger partial charge in [0.2, 0.25) is 0 Å². The Bertz CT molecular complexity index is 524. The molecule has 2 heterocycles. The first-order chi connectivity index (χ1) is 8.28. The van der Waals surface area contributed by atoms with Crippen molar-refractivity contribution in [3.05, 3.63) is 47.8 Å². The van der Waals surface area contributed by atoms with Crippen molar-refractivity contribution in [2.24, 2.45) is 0 Å². The van der Waals surface area contributed by atoms with Crippen LogP contribution in [-0.2, 0) is 6.54 Å². The molecule has 2 aromatic rings. The van der Waals surface area contributed by atoms with Gasteiger partial charge in [-0.25, -0.2) is 4.98 Å². The monoisotopic (exact) mass is 225 g/mol. The molecule has 17 heavy (non-hydrogen) atoms. The second-order valence-corrected chi connectivity index (χ2v) is 3.55. The van der Waals surface area contributed by atoms with Crippen LogP contribution in [0.3, 0.4) is 0 Å².